The number of halogens is 2. The summed E-state index contributed by atoms with van der Waals surface area (Å²) in [6.07, 6.45) is -0.994. The van der Waals surface area contributed by atoms with Gasteiger partial charge in [-0.3, -0.25) is 19.9 Å². The van der Waals surface area contributed by atoms with Crippen LogP contribution in [0.4, 0.5) is 5.69 Å². The summed E-state index contributed by atoms with van der Waals surface area (Å²) < 4.78 is 4.60. The fourth-order valence-electron chi connectivity index (χ4n) is 2.54. The lowest BCUT2D eigenvalue weighted by Crippen LogP contribution is -2.41. The van der Waals surface area contributed by atoms with E-state index in [1.54, 1.807) is 36.4 Å². The van der Waals surface area contributed by atoms with E-state index in [0.29, 0.717) is 32.6 Å². The number of nitrogens with one attached hydrogen (secondary N) is 2. The predicted molar refractivity (Wildman–Crippen MR) is 101 cm³/mol. The van der Waals surface area contributed by atoms with Gasteiger partial charge >= 0.3 is 5.97 Å². The van der Waals surface area contributed by atoms with E-state index in [2.05, 4.69) is 20.4 Å². The smallest absolute Gasteiger partial charge is 0.319 e. The van der Waals surface area contributed by atoms with Gasteiger partial charge in [-0.05, 0) is 24.3 Å². The van der Waals surface area contributed by atoms with E-state index in [9.17, 15) is 9.59 Å². The van der Waals surface area contributed by atoms with Crippen LogP contribution in [0, 0.1) is 0 Å². The minimum Gasteiger partial charge on any atom is -0.468 e. The molecule has 2 aromatic rings. The molecule has 3 rings (SSSR count). The SMILES string of the molecule is COC(=O)CN[C@@H]1N=C(c2ccccc2Cl)c2cc(Cl)ccc2NC1=O. The Balaban J connectivity index is 2.10. The van der Waals surface area contributed by atoms with Crippen LogP contribution in [0.2, 0.25) is 10.0 Å². The van der Waals surface area contributed by atoms with Gasteiger partial charge in [0.1, 0.15) is 0 Å². The molecule has 2 aromatic carbocycles. The van der Waals surface area contributed by atoms with Gasteiger partial charge in [0.05, 0.1) is 25.1 Å². The minimum absolute atomic E-state index is 0.162. The zero-order chi connectivity index (χ0) is 18.7. The molecule has 1 aliphatic heterocycles. The number of hydrogen-bond donors (Lipinski definition) is 2. The number of carbonyl (C=O) groups excluding carboxylic acids is 2. The number of anilines is 1. The summed E-state index contributed by atoms with van der Waals surface area (Å²) in [4.78, 5) is 28.5. The summed E-state index contributed by atoms with van der Waals surface area (Å²) in [5, 5.41) is 6.55. The number of ether oxygens (including phenoxy) is 1. The number of methoxy groups -OCH3 is 1. The average molecular weight is 392 g/mol. The third-order valence-electron chi connectivity index (χ3n) is 3.80. The number of esters is 1. The number of fused-ring (bicyclic) bond motifs is 1. The second-order valence-corrected chi connectivity index (χ2v) is 6.34. The molecular formula is C18H15Cl2N3O3. The number of carbonyl (C=O) groups is 2. The lowest BCUT2D eigenvalue weighted by molar-refractivity contribution is -0.139. The van der Waals surface area contributed by atoms with Gasteiger partial charge < -0.3 is 10.1 Å². The van der Waals surface area contributed by atoms with Crippen molar-refractivity contribution in [3.8, 4) is 0 Å². The van der Waals surface area contributed by atoms with Crippen molar-refractivity contribution in [2.75, 3.05) is 19.0 Å². The van der Waals surface area contributed by atoms with Crippen molar-refractivity contribution >= 4 is 46.5 Å². The van der Waals surface area contributed by atoms with Crippen molar-refractivity contribution in [1.29, 1.82) is 0 Å². The van der Waals surface area contributed by atoms with Gasteiger partial charge in [-0.25, -0.2) is 0 Å². The third kappa shape index (κ3) is 3.88. The third-order valence-corrected chi connectivity index (χ3v) is 4.36. The molecule has 0 radical (unpaired) electrons. The highest BCUT2D eigenvalue weighted by Crippen LogP contribution is 2.29. The van der Waals surface area contributed by atoms with Crippen molar-refractivity contribution in [2.45, 2.75) is 6.17 Å². The monoisotopic (exact) mass is 391 g/mol. The summed E-state index contributed by atoms with van der Waals surface area (Å²) >= 11 is 12.5. The Morgan fingerprint density at radius 1 is 1.23 bits per heavy atom. The maximum absolute atomic E-state index is 12.5. The van der Waals surface area contributed by atoms with Gasteiger partial charge in [-0.2, -0.15) is 0 Å². The van der Waals surface area contributed by atoms with E-state index in [1.165, 1.54) is 7.11 Å². The normalized spacial score (nSPS) is 16.2. The Kier molecular flexibility index (Phi) is 5.56. The number of amides is 1. The van der Waals surface area contributed by atoms with Crippen LogP contribution >= 0.6 is 23.2 Å². The fraction of sp³-hybridized carbons (Fsp3) is 0.167. The van der Waals surface area contributed by atoms with Crippen LogP contribution in [0.15, 0.2) is 47.5 Å². The van der Waals surface area contributed by atoms with Crippen molar-refractivity contribution < 1.29 is 14.3 Å². The predicted octanol–water partition coefficient (Wildman–Crippen LogP) is 2.87. The van der Waals surface area contributed by atoms with Gasteiger partial charge in [0, 0.05) is 21.2 Å². The molecule has 0 saturated carbocycles. The molecule has 8 heteroatoms. The molecule has 1 amide bonds. The first-order chi connectivity index (χ1) is 12.5. The molecule has 1 atom stereocenters. The topological polar surface area (TPSA) is 79.8 Å². The molecule has 1 aliphatic rings. The highest BCUT2D eigenvalue weighted by atomic mass is 35.5. The van der Waals surface area contributed by atoms with Gasteiger partial charge in [0.15, 0.2) is 6.17 Å². The Morgan fingerprint density at radius 2 is 2.00 bits per heavy atom. The second kappa shape index (κ2) is 7.86. The largest absolute Gasteiger partial charge is 0.468 e. The molecule has 0 spiro atoms. The molecule has 0 unspecified atom stereocenters. The van der Waals surface area contributed by atoms with Crippen molar-refractivity contribution in [3.05, 3.63) is 63.6 Å². The Morgan fingerprint density at radius 3 is 2.73 bits per heavy atom. The molecular weight excluding hydrogens is 377 g/mol. The number of benzene rings is 2. The Hall–Kier alpha value is -2.41. The van der Waals surface area contributed by atoms with Crippen LogP contribution < -0.4 is 10.6 Å². The molecule has 2 N–H and O–H groups in total. The van der Waals surface area contributed by atoms with Crippen LogP contribution in [0.3, 0.4) is 0 Å². The Labute approximate surface area is 160 Å². The molecule has 0 fully saturated rings. The van der Waals surface area contributed by atoms with E-state index < -0.39 is 18.0 Å². The van der Waals surface area contributed by atoms with E-state index in [0.717, 1.165) is 0 Å². The summed E-state index contributed by atoms with van der Waals surface area (Å²) in [5.74, 6) is -0.906. The highest BCUT2D eigenvalue weighted by molar-refractivity contribution is 6.37. The number of benzodiazepines with no additional fused rings is 1. The number of rotatable bonds is 4. The molecule has 0 aliphatic carbocycles. The summed E-state index contributed by atoms with van der Waals surface area (Å²) in [5.41, 5.74) is 2.34. The first kappa shape index (κ1) is 18.4. The van der Waals surface area contributed by atoms with E-state index in [-0.39, 0.29) is 6.54 Å². The first-order valence-corrected chi connectivity index (χ1v) is 8.49. The number of aliphatic imine (C=N–C) groups is 1. The maximum atomic E-state index is 12.5. The van der Waals surface area contributed by atoms with Crippen LogP contribution in [0.5, 0.6) is 0 Å². The molecule has 134 valence electrons. The highest BCUT2D eigenvalue weighted by Gasteiger charge is 2.27. The zero-order valence-electron chi connectivity index (χ0n) is 13.8. The quantitative estimate of drug-likeness (QED) is 0.785. The van der Waals surface area contributed by atoms with Crippen LogP contribution in [-0.4, -0.2) is 37.4 Å². The van der Waals surface area contributed by atoms with Crippen molar-refractivity contribution in [1.82, 2.24) is 5.32 Å². The zero-order valence-corrected chi connectivity index (χ0v) is 15.3. The summed E-state index contributed by atoms with van der Waals surface area (Å²) in [6, 6.07) is 12.3. The van der Waals surface area contributed by atoms with Crippen LogP contribution in [0.1, 0.15) is 11.1 Å². The van der Waals surface area contributed by atoms with Gasteiger partial charge in [0.2, 0.25) is 0 Å². The molecule has 0 saturated heterocycles. The van der Waals surface area contributed by atoms with Gasteiger partial charge in [0.25, 0.3) is 5.91 Å². The fourth-order valence-corrected chi connectivity index (χ4v) is 2.94. The number of nitrogens with zero attached hydrogens (tertiary/aromatic N) is 1. The lowest BCUT2D eigenvalue weighted by Gasteiger charge is -2.12. The standard InChI is InChI=1S/C18H15Cl2N3O3/c1-26-15(24)9-21-17-18(25)22-14-7-6-10(19)8-12(14)16(23-17)11-4-2-3-5-13(11)20/h2-8,17,21H,9H2,1H3,(H,22,25)/t17-/m1/s1. The summed E-state index contributed by atoms with van der Waals surface area (Å²) in [6.45, 7) is -0.162. The maximum Gasteiger partial charge on any atom is 0.319 e. The molecule has 6 nitrogen and oxygen atoms in total. The second-order valence-electron chi connectivity index (χ2n) is 5.50. The van der Waals surface area contributed by atoms with E-state index in [1.807, 2.05) is 6.07 Å². The minimum atomic E-state index is -0.994. The average Bonchev–Trinajstić information content (AvgIpc) is 2.76. The van der Waals surface area contributed by atoms with E-state index >= 15 is 0 Å². The van der Waals surface area contributed by atoms with Crippen LogP contribution in [-0.2, 0) is 14.3 Å². The van der Waals surface area contributed by atoms with Crippen molar-refractivity contribution in [2.24, 2.45) is 4.99 Å². The number of hydrogen-bond acceptors (Lipinski definition) is 5. The molecule has 0 bridgehead atoms. The van der Waals surface area contributed by atoms with Crippen LogP contribution in [0.25, 0.3) is 0 Å². The lowest BCUT2D eigenvalue weighted by atomic mass is 10.0. The van der Waals surface area contributed by atoms with E-state index in [4.69, 9.17) is 23.2 Å². The van der Waals surface area contributed by atoms with Gasteiger partial charge in [-0.15, -0.1) is 0 Å². The molecule has 1 heterocycles. The van der Waals surface area contributed by atoms with Crippen molar-refractivity contribution in [3.63, 3.8) is 0 Å². The summed E-state index contributed by atoms with van der Waals surface area (Å²) in [7, 11) is 1.27. The Bertz CT molecular complexity index is 899. The first-order valence-electron chi connectivity index (χ1n) is 7.73. The van der Waals surface area contributed by atoms with Gasteiger partial charge in [-0.1, -0.05) is 41.4 Å². The molecule has 0 aromatic heterocycles. The molecule has 26 heavy (non-hydrogen) atoms.